The number of nitrogens with zero attached hydrogens (tertiary/aromatic N) is 3. The minimum atomic E-state index is -0.0441. The van der Waals surface area contributed by atoms with Crippen LogP contribution < -0.4 is 0 Å². The molecule has 2 heterocycles. The molecular weight excluding hydrogens is 254 g/mol. The number of aryl methyl sites for hydroxylation is 2. The maximum Gasteiger partial charge on any atom is 0.310 e. The van der Waals surface area contributed by atoms with Gasteiger partial charge in [0, 0.05) is 19.6 Å². The Morgan fingerprint density at radius 3 is 3.00 bits per heavy atom. The zero-order chi connectivity index (χ0) is 14.5. The molecule has 1 aliphatic heterocycles. The molecule has 0 saturated carbocycles. The second kappa shape index (κ2) is 6.88. The molecule has 0 aliphatic carbocycles. The first-order valence-electron chi connectivity index (χ1n) is 7.56. The van der Waals surface area contributed by atoms with Gasteiger partial charge in [-0.05, 0) is 46.2 Å². The Morgan fingerprint density at radius 1 is 1.50 bits per heavy atom. The van der Waals surface area contributed by atoms with Gasteiger partial charge in [0.25, 0.3) is 0 Å². The first kappa shape index (κ1) is 15.0. The summed E-state index contributed by atoms with van der Waals surface area (Å²) in [5, 5.41) is 4.48. The Kier molecular flexibility index (Phi) is 5.17. The third-order valence-electron chi connectivity index (χ3n) is 3.80. The van der Waals surface area contributed by atoms with Crippen molar-refractivity contribution in [1.29, 1.82) is 0 Å². The van der Waals surface area contributed by atoms with Gasteiger partial charge in [0.05, 0.1) is 23.9 Å². The molecule has 5 nitrogen and oxygen atoms in total. The number of carbonyl (C=O) groups is 1. The number of hydrogen-bond donors (Lipinski definition) is 0. The van der Waals surface area contributed by atoms with E-state index in [4.69, 9.17) is 4.74 Å². The summed E-state index contributed by atoms with van der Waals surface area (Å²) in [5.41, 5.74) is 2.29. The number of rotatable bonds is 5. The lowest BCUT2D eigenvalue weighted by Crippen LogP contribution is -2.39. The van der Waals surface area contributed by atoms with Crippen LogP contribution in [0.4, 0.5) is 0 Å². The quantitative estimate of drug-likeness (QED) is 0.773. The van der Waals surface area contributed by atoms with Gasteiger partial charge >= 0.3 is 5.97 Å². The Bertz CT molecular complexity index is 456. The highest BCUT2D eigenvalue weighted by molar-refractivity contribution is 5.72. The molecule has 1 aliphatic rings. The molecule has 1 aromatic heterocycles. The van der Waals surface area contributed by atoms with Gasteiger partial charge in [0.1, 0.15) is 0 Å². The fourth-order valence-corrected chi connectivity index (χ4v) is 2.88. The summed E-state index contributed by atoms with van der Waals surface area (Å²) in [6.07, 6.45) is 2.00. The van der Waals surface area contributed by atoms with Crippen LogP contribution in [0.15, 0.2) is 6.07 Å². The van der Waals surface area contributed by atoms with E-state index >= 15 is 0 Å². The van der Waals surface area contributed by atoms with Crippen molar-refractivity contribution in [3.05, 3.63) is 17.5 Å². The van der Waals surface area contributed by atoms with Crippen molar-refractivity contribution in [3.8, 4) is 0 Å². The van der Waals surface area contributed by atoms with Crippen molar-refractivity contribution in [3.63, 3.8) is 0 Å². The highest BCUT2D eigenvalue weighted by Crippen LogP contribution is 2.20. The van der Waals surface area contributed by atoms with Crippen molar-refractivity contribution in [2.75, 3.05) is 19.7 Å². The normalized spacial score (nSPS) is 20.1. The van der Waals surface area contributed by atoms with E-state index in [9.17, 15) is 4.79 Å². The van der Waals surface area contributed by atoms with Gasteiger partial charge in [0.2, 0.25) is 0 Å². The smallest absolute Gasteiger partial charge is 0.310 e. The van der Waals surface area contributed by atoms with Crippen LogP contribution in [0, 0.1) is 12.8 Å². The zero-order valence-electron chi connectivity index (χ0n) is 12.8. The molecule has 1 aromatic rings. The Hall–Kier alpha value is -1.36. The van der Waals surface area contributed by atoms with Gasteiger partial charge in [0.15, 0.2) is 0 Å². The maximum absolute atomic E-state index is 11.9. The van der Waals surface area contributed by atoms with Crippen molar-refractivity contribution in [1.82, 2.24) is 14.7 Å². The lowest BCUT2D eigenvalue weighted by Gasteiger charge is -2.31. The summed E-state index contributed by atoms with van der Waals surface area (Å²) in [4.78, 5) is 14.2. The third-order valence-corrected chi connectivity index (χ3v) is 3.80. The lowest BCUT2D eigenvalue weighted by molar-refractivity contribution is -0.150. The molecule has 0 bridgehead atoms. The van der Waals surface area contributed by atoms with E-state index in [1.54, 1.807) is 0 Å². The summed E-state index contributed by atoms with van der Waals surface area (Å²) >= 11 is 0. The topological polar surface area (TPSA) is 47.4 Å². The molecule has 1 saturated heterocycles. The second-order valence-corrected chi connectivity index (χ2v) is 5.42. The number of likely N-dealkylation sites (tertiary alicyclic amines) is 1. The molecule has 1 fully saturated rings. The molecule has 0 amide bonds. The van der Waals surface area contributed by atoms with Crippen LogP contribution in [-0.4, -0.2) is 40.3 Å². The van der Waals surface area contributed by atoms with Crippen LogP contribution in [0.3, 0.4) is 0 Å². The van der Waals surface area contributed by atoms with Crippen LogP contribution in [0.1, 0.15) is 38.1 Å². The molecule has 0 aromatic carbocycles. The van der Waals surface area contributed by atoms with Crippen LogP contribution in [0.2, 0.25) is 0 Å². The van der Waals surface area contributed by atoms with Gasteiger partial charge in [-0.15, -0.1) is 0 Å². The lowest BCUT2D eigenvalue weighted by atomic mass is 9.98. The molecule has 112 valence electrons. The van der Waals surface area contributed by atoms with E-state index < -0.39 is 0 Å². The Balaban J connectivity index is 1.97. The molecule has 0 spiro atoms. The SMILES string of the molecule is CCOC(=O)C1CCCN(Cc2cc(C)nn2CC)C1. The third kappa shape index (κ3) is 3.60. The van der Waals surface area contributed by atoms with E-state index in [-0.39, 0.29) is 11.9 Å². The molecule has 0 N–H and O–H groups in total. The molecule has 20 heavy (non-hydrogen) atoms. The van der Waals surface area contributed by atoms with Crippen LogP contribution in [-0.2, 0) is 22.6 Å². The number of hydrogen-bond acceptors (Lipinski definition) is 4. The van der Waals surface area contributed by atoms with Crippen LogP contribution >= 0.6 is 0 Å². The van der Waals surface area contributed by atoms with E-state index in [1.807, 2.05) is 18.5 Å². The van der Waals surface area contributed by atoms with Crippen LogP contribution in [0.5, 0.6) is 0 Å². The molecule has 2 rings (SSSR count). The molecule has 1 atom stereocenters. The Morgan fingerprint density at radius 2 is 2.30 bits per heavy atom. The number of ether oxygens (including phenoxy) is 1. The predicted octanol–water partition coefficient (Wildman–Crippen LogP) is 1.99. The number of aromatic nitrogens is 2. The van der Waals surface area contributed by atoms with Gasteiger partial charge in [-0.1, -0.05) is 0 Å². The molecule has 0 radical (unpaired) electrons. The molecular formula is C15H25N3O2. The number of carbonyl (C=O) groups excluding carboxylic acids is 1. The van der Waals surface area contributed by atoms with E-state index in [0.717, 1.165) is 44.7 Å². The average molecular weight is 279 g/mol. The van der Waals surface area contributed by atoms with Crippen molar-refractivity contribution >= 4 is 5.97 Å². The number of piperidine rings is 1. The summed E-state index contributed by atoms with van der Waals surface area (Å²) in [7, 11) is 0. The van der Waals surface area contributed by atoms with Crippen molar-refractivity contribution in [2.45, 2.75) is 46.7 Å². The zero-order valence-corrected chi connectivity index (χ0v) is 12.8. The second-order valence-electron chi connectivity index (χ2n) is 5.42. The monoisotopic (exact) mass is 279 g/mol. The number of esters is 1. The van der Waals surface area contributed by atoms with Crippen LogP contribution in [0.25, 0.3) is 0 Å². The van der Waals surface area contributed by atoms with Gasteiger partial charge < -0.3 is 4.74 Å². The minimum absolute atomic E-state index is 0.0304. The first-order chi connectivity index (χ1) is 9.63. The maximum atomic E-state index is 11.9. The van der Waals surface area contributed by atoms with Gasteiger partial charge in [-0.2, -0.15) is 5.10 Å². The largest absolute Gasteiger partial charge is 0.466 e. The van der Waals surface area contributed by atoms with Gasteiger partial charge in [-0.3, -0.25) is 14.4 Å². The van der Waals surface area contributed by atoms with Crippen molar-refractivity contribution in [2.24, 2.45) is 5.92 Å². The molecule has 1 unspecified atom stereocenters. The standard InChI is InChI=1S/C15H25N3O2/c1-4-18-14(9-12(3)16-18)11-17-8-6-7-13(10-17)15(19)20-5-2/h9,13H,4-8,10-11H2,1-3H3. The van der Waals surface area contributed by atoms with E-state index in [0.29, 0.717) is 6.61 Å². The summed E-state index contributed by atoms with van der Waals surface area (Å²) in [5.74, 6) is -0.0137. The fourth-order valence-electron chi connectivity index (χ4n) is 2.88. The predicted molar refractivity (Wildman–Crippen MR) is 77.3 cm³/mol. The Labute approximate surface area is 120 Å². The fraction of sp³-hybridized carbons (Fsp3) is 0.733. The highest BCUT2D eigenvalue weighted by Gasteiger charge is 2.27. The first-order valence-corrected chi connectivity index (χ1v) is 7.56. The summed E-state index contributed by atoms with van der Waals surface area (Å²) in [6.45, 7) is 10.1. The summed E-state index contributed by atoms with van der Waals surface area (Å²) < 4.78 is 7.19. The van der Waals surface area contributed by atoms with E-state index in [2.05, 4.69) is 23.0 Å². The van der Waals surface area contributed by atoms with E-state index in [1.165, 1.54) is 5.69 Å². The van der Waals surface area contributed by atoms with Gasteiger partial charge in [-0.25, -0.2) is 0 Å². The average Bonchev–Trinajstić information content (AvgIpc) is 2.79. The minimum Gasteiger partial charge on any atom is -0.466 e. The molecule has 5 heteroatoms. The summed E-state index contributed by atoms with van der Waals surface area (Å²) in [6, 6.07) is 2.14. The van der Waals surface area contributed by atoms with Crippen molar-refractivity contribution < 1.29 is 9.53 Å². The highest BCUT2D eigenvalue weighted by atomic mass is 16.5.